The van der Waals surface area contributed by atoms with E-state index in [9.17, 15) is 4.79 Å². The van der Waals surface area contributed by atoms with Crippen LogP contribution in [-0.4, -0.2) is 27.3 Å². The predicted molar refractivity (Wildman–Crippen MR) is 77.0 cm³/mol. The standard InChI is InChI=1S/C16H24N2O2/c1-11-15(13(3)19)12(2)18(17-11)10-14-6-9-16(20-14)7-4-5-8-16/h14H,4-10H2,1-3H3. The fraction of sp³-hybridized carbons (Fsp3) is 0.750. The van der Waals surface area contributed by atoms with Crippen molar-refractivity contribution < 1.29 is 9.53 Å². The molecule has 2 heterocycles. The van der Waals surface area contributed by atoms with Gasteiger partial charge >= 0.3 is 0 Å². The van der Waals surface area contributed by atoms with Gasteiger partial charge in [0.15, 0.2) is 5.78 Å². The van der Waals surface area contributed by atoms with E-state index in [0.29, 0.717) is 0 Å². The highest BCUT2D eigenvalue weighted by Gasteiger charge is 2.42. The second kappa shape index (κ2) is 4.99. The van der Waals surface area contributed by atoms with Crippen molar-refractivity contribution in [3.8, 4) is 0 Å². The Morgan fingerprint density at radius 1 is 1.35 bits per heavy atom. The Hall–Kier alpha value is -1.16. The van der Waals surface area contributed by atoms with Gasteiger partial charge in [0.05, 0.1) is 29.5 Å². The summed E-state index contributed by atoms with van der Waals surface area (Å²) in [5, 5.41) is 4.53. The van der Waals surface area contributed by atoms with Crippen molar-refractivity contribution >= 4 is 5.78 Å². The molecule has 4 nitrogen and oxygen atoms in total. The molecule has 0 radical (unpaired) electrons. The Bertz CT molecular complexity index is 527. The lowest BCUT2D eigenvalue weighted by Gasteiger charge is -2.24. The van der Waals surface area contributed by atoms with E-state index in [0.717, 1.165) is 29.9 Å². The molecule has 3 rings (SSSR count). The van der Waals surface area contributed by atoms with Crippen LogP contribution < -0.4 is 0 Å². The third-order valence-electron chi connectivity index (χ3n) is 4.96. The van der Waals surface area contributed by atoms with Crippen LogP contribution in [0.5, 0.6) is 0 Å². The van der Waals surface area contributed by atoms with Crippen molar-refractivity contribution in [1.82, 2.24) is 9.78 Å². The zero-order chi connectivity index (χ0) is 14.3. The Morgan fingerprint density at radius 3 is 2.65 bits per heavy atom. The summed E-state index contributed by atoms with van der Waals surface area (Å²) in [6.07, 6.45) is 7.62. The number of aryl methyl sites for hydroxylation is 1. The monoisotopic (exact) mass is 276 g/mol. The molecule has 1 spiro atoms. The molecule has 1 aliphatic carbocycles. The average Bonchev–Trinajstić information content (AvgIpc) is 3.05. The molecule has 1 unspecified atom stereocenters. The van der Waals surface area contributed by atoms with Crippen LogP contribution in [-0.2, 0) is 11.3 Å². The second-order valence-corrected chi connectivity index (χ2v) is 6.45. The van der Waals surface area contributed by atoms with Crippen LogP contribution in [0.3, 0.4) is 0 Å². The normalized spacial score (nSPS) is 24.6. The number of carbonyl (C=O) groups excluding carboxylic acids is 1. The molecule has 1 atom stereocenters. The molecule has 1 saturated heterocycles. The minimum Gasteiger partial charge on any atom is -0.370 e. The van der Waals surface area contributed by atoms with E-state index >= 15 is 0 Å². The van der Waals surface area contributed by atoms with Crippen molar-refractivity contribution in [3.63, 3.8) is 0 Å². The SMILES string of the molecule is CC(=O)c1c(C)nn(CC2CCC3(CCCC3)O2)c1C. The molecule has 1 saturated carbocycles. The Labute approximate surface area is 120 Å². The summed E-state index contributed by atoms with van der Waals surface area (Å²) in [6.45, 7) is 6.29. The zero-order valence-corrected chi connectivity index (χ0v) is 12.7. The molecular weight excluding hydrogens is 252 g/mol. The number of aromatic nitrogens is 2. The van der Waals surface area contributed by atoms with Crippen LogP contribution >= 0.6 is 0 Å². The lowest BCUT2D eigenvalue weighted by Crippen LogP contribution is -2.27. The highest BCUT2D eigenvalue weighted by molar-refractivity contribution is 5.96. The van der Waals surface area contributed by atoms with E-state index in [2.05, 4.69) is 5.10 Å². The summed E-state index contributed by atoms with van der Waals surface area (Å²) in [4.78, 5) is 11.7. The first kappa shape index (κ1) is 13.8. The highest BCUT2D eigenvalue weighted by atomic mass is 16.5. The molecule has 20 heavy (non-hydrogen) atoms. The van der Waals surface area contributed by atoms with E-state index in [-0.39, 0.29) is 17.5 Å². The number of hydrogen-bond acceptors (Lipinski definition) is 3. The maximum absolute atomic E-state index is 11.7. The van der Waals surface area contributed by atoms with Crippen LogP contribution in [0.2, 0.25) is 0 Å². The fourth-order valence-electron chi connectivity index (χ4n) is 3.99. The number of hydrogen-bond donors (Lipinski definition) is 0. The second-order valence-electron chi connectivity index (χ2n) is 6.45. The van der Waals surface area contributed by atoms with Gasteiger partial charge in [0, 0.05) is 5.69 Å². The first-order valence-electron chi connectivity index (χ1n) is 7.73. The minimum atomic E-state index is 0.103. The number of ketones is 1. The van der Waals surface area contributed by atoms with E-state index in [4.69, 9.17) is 4.74 Å². The fourth-order valence-corrected chi connectivity index (χ4v) is 3.99. The van der Waals surface area contributed by atoms with Crippen LogP contribution in [0.4, 0.5) is 0 Å². The quantitative estimate of drug-likeness (QED) is 0.796. The van der Waals surface area contributed by atoms with Crippen LogP contribution in [0.25, 0.3) is 0 Å². The van der Waals surface area contributed by atoms with Crippen molar-refractivity contribution in [2.24, 2.45) is 0 Å². The highest BCUT2D eigenvalue weighted by Crippen LogP contribution is 2.43. The minimum absolute atomic E-state index is 0.103. The molecular formula is C16H24N2O2. The number of nitrogens with zero attached hydrogens (tertiary/aromatic N) is 2. The van der Waals surface area contributed by atoms with Crippen LogP contribution in [0, 0.1) is 13.8 Å². The van der Waals surface area contributed by atoms with Gasteiger partial charge in [-0.15, -0.1) is 0 Å². The van der Waals surface area contributed by atoms with Gasteiger partial charge in [-0.25, -0.2) is 0 Å². The van der Waals surface area contributed by atoms with E-state index < -0.39 is 0 Å². The van der Waals surface area contributed by atoms with Crippen LogP contribution in [0.15, 0.2) is 0 Å². The maximum atomic E-state index is 11.7. The molecule has 2 fully saturated rings. The van der Waals surface area contributed by atoms with Crippen molar-refractivity contribution in [1.29, 1.82) is 0 Å². The van der Waals surface area contributed by atoms with E-state index in [1.807, 2.05) is 18.5 Å². The van der Waals surface area contributed by atoms with Gasteiger partial charge in [0.25, 0.3) is 0 Å². The Balaban J connectivity index is 1.73. The van der Waals surface area contributed by atoms with Crippen molar-refractivity contribution in [2.45, 2.75) is 77.5 Å². The molecule has 0 N–H and O–H groups in total. The Kier molecular flexibility index (Phi) is 3.44. The summed E-state index contributed by atoms with van der Waals surface area (Å²) in [7, 11) is 0. The third-order valence-corrected chi connectivity index (χ3v) is 4.96. The number of rotatable bonds is 3. The third kappa shape index (κ3) is 2.30. The predicted octanol–water partition coefficient (Wildman–Crippen LogP) is 3.19. The topological polar surface area (TPSA) is 44.1 Å². The summed E-state index contributed by atoms with van der Waals surface area (Å²) >= 11 is 0. The molecule has 0 amide bonds. The molecule has 1 aromatic rings. The molecule has 4 heteroatoms. The van der Waals surface area contributed by atoms with Gasteiger partial charge in [-0.3, -0.25) is 9.48 Å². The first-order valence-corrected chi connectivity index (χ1v) is 7.73. The average molecular weight is 276 g/mol. The maximum Gasteiger partial charge on any atom is 0.163 e. The lowest BCUT2D eigenvalue weighted by molar-refractivity contribution is -0.0431. The first-order chi connectivity index (χ1) is 9.51. The van der Waals surface area contributed by atoms with Gasteiger partial charge in [-0.2, -0.15) is 5.10 Å². The van der Waals surface area contributed by atoms with Gasteiger partial charge in [-0.1, -0.05) is 12.8 Å². The summed E-state index contributed by atoms with van der Waals surface area (Å²) in [6, 6.07) is 0. The van der Waals surface area contributed by atoms with Crippen molar-refractivity contribution in [2.75, 3.05) is 0 Å². The smallest absolute Gasteiger partial charge is 0.163 e. The molecule has 110 valence electrons. The summed E-state index contributed by atoms with van der Waals surface area (Å²) < 4.78 is 8.30. The molecule has 0 bridgehead atoms. The summed E-state index contributed by atoms with van der Waals surface area (Å²) in [5.74, 6) is 0.103. The molecule has 0 aromatic carbocycles. The van der Waals surface area contributed by atoms with Gasteiger partial charge in [-0.05, 0) is 46.5 Å². The number of carbonyl (C=O) groups is 1. The largest absolute Gasteiger partial charge is 0.370 e. The van der Waals surface area contributed by atoms with E-state index in [1.54, 1.807) is 6.92 Å². The number of Topliss-reactive ketones (excluding diaryl/α,β-unsaturated/α-hetero) is 1. The molecule has 1 aromatic heterocycles. The van der Waals surface area contributed by atoms with E-state index in [1.165, 1.54) is 32.1 Å². The van der Waals surface area contributed by atoms with Gasteiger partial charge in [0.1, 0.15) is 0 Å². The van der Waals surface area contributed by atoms with Gasteiger partial charge < -0.3 is 4.74 Å². The Morgan fingerprint density at radius 2 is 2.05 bits per heavy atom. The van der Waals surface area contributed by atoms with Crippen molar-refractivity contribution in [3.05, 3.63) is 17.0 Å². The summed E-state index contributed by atoms with van der Waals surface area (Å²) in [5.41, 5.74) is 2.76. The van der Waals surface area contributed by atoms with Crippen LogP contribution in [0.1, 0.15) is 67.2 Å². The van der Waals surface area contributed by atoms with Gasteiger partial charge in [0.2, 0.25) is 0 Å². The molecule has 2 aliphatic rings. The number of ether oxygens (including phenoxy) is 1. The zero-order valence-electron chi connectivity index (χ0n) is 12.7. The molecule has 1 aliphatic heterocycles. The lowest BCUT2D eigenvalue weighted by atomic mass is 9.98.